The molecule has 8 heteroatoms. The molecular weight excluding hydrogens is 384 g/mol. The van der Waals surface area contributed by atoms with Gasteiger partial charge in [0.25, 0.3) is 0 Å². The van der Waals surface area contributed by atoms with E-state index in [4.69, 9.17) is 11.6 Å². The van der Waals surface area contributed by atoms with Crippen LogP contribution in [0.3, 0.4) is 0 Å². The van der Waals surface area contributed by atoms with E-state index >= 15 is 0 Å². The lowest BCUT2D eigenvalue weighted by Gasteiger charge is -2.17. The molecule has 0 saturated carbocycles. The number of amides is 2. The van der Waals surface area contributed by atoms with E-state index in [1.54, 1.807) is 4.90 Å². The zero-order chi connectivity index (χ0) is 19.6. The largest absolute Gasteiger partial charge is 0.312 e. The first-order valence-electron chi connectivity index (χ1n) is 9.13. The van der Waals surface area contributed by atoms with E-state index in [0.717, 1.165) is 29.1 Å². The summed E-state index contributed by atoms with van der Waals surface area (Å²) in [4.78, 5) is 26.4. The van der Waals surface area contributed by atoms with Gasteiger partial charge in [0, 0.05) is 35.5 Å². The molecule has 1 aromatic carbocycles. The molecule has 2 heterocycles. The molecule has 2 amide bonds. The summed E-state index contributed by atoms with van der Waals surface area (Å²) < 4.78 is 0. The molecule has 27 heavy (non-hydrogen) atoms. The van der Waals surface area contributed by atoms with Crippen LogP contribution in [0.2, 0.25) is 5.02 Å². The van der Waals surface area contributed by atoms with E-state index in [2.05, 4.69) is 15.5 Å². The smallest absolute Gasteiger partial charge is 0.229 e. The van der Waals surface area contributed by atoms with Gasteiger partial charge >= 0.3 is 0 Å². The summed E-state index contributed by atoms with van der Waals surface area (Å²) in [5.41, 5.74) is 1.77. The van der Waals surface area contributed by atoms with Crippen molar-refractivity contribution in [2.24, 2.45) is 5.92 Å². The molecule has 0 unspecified atom stereocenters. The van der Waals surface area contributed by atoms with Gasteiger partial charge in [-0.3, -0.25) is 9.59 Å². The van der Waals surface area contributed by atoms with Crippen LogP contribution in [0.5, 0.6) is 0 Å². The van der Waals surface area contributed by atoms with Gasteiger partial charge in [-0.2, -0.15) is 0 Å². The summed E-state index contributed by atoms with van der Waals surface area (Å²) in [6.45, 7) is 6.46. The number of carbonyl (C=O) groups excluding carboxylic acids is 2. The summed E-state index contributed by atoms with van der Waals surface area (Å²) in [6, 6.07) is 5.64. The first kappa shape index (κ1) is 19.8. The van der Waals surface area contributed by atoms with Crippen molar-refractivity contribution in [3.05, 3.63) is 33.8 Å². The molecule has 0 bridgehead atoms. The number of nitrogens with one attached hydrogen (secondary N) is 1. The molecule has 0 radical (unpaired) electrons. The standard InChI is InChI=1S/C19H23ClN4O2S/c1-4-12(5-2)17(26)21-19-23-22-18(27-19)13-8-16(25)24(10-13)14-7-6-11(3)15(20)9-14/h6-7,9,12-13H,4-5,8,10H2,1-3H3,(H,21,23,26)/t13-/m1/s1. The van der Waals surface area contributed by atoms with Crippen molar-refractivity contribution < 1.29 is 9.59 Å². The van der Waals surface area contributed by atoms with Crippen molar-refractivity contribution in [2.45, 2.75) is 46.0 Å². The fourth-order valence-corrected chi connectivity index (χ4v) is 4.20. The fourth-order valence-electron chi connectivity index (χ4n) is 3.19. The van der Waals surface area contributed by atoms with Crippen LogP contribution >= 0.6 is 22.9 Å². The number of anilines is 2. The number of carbonyl (C=O) groups is 2. The lowest BCUT2D eigenvalue weighted by atomic mass is 10.0. The summed E-state index contributed by atoms with van der Waals surface area (Å²) in [5.74, 6) is -0.0417. The molecule has 2 aromatic rings. The number of aromatic nitrogens is 2. The second-order valence-electron chi connectivity index (χ2n) is 6.79. The summed E-state index contributed by atoms with van der Waals surface area (Å²) in [6.07, 6.45) is 1.96. The Hall–Kier alpha value is -1.99. The second-order valence-corrected chi connectivity index (χ2v) is 8.20. The van der Waals surface area contributed by atoms with Crippen LogP contribution in [0.1, 0.15) is 49.6 Å². The van der Waals surface area contributed by atoms with Crippen molar-refractivity contribution >= 4 is 45.6 Å². The van der Waals surface area contributed by atoms with E-state index < -0.39 is 0 Å². The maximum absolute atomic E-state index is 12.5. The van der Waals surface area contributed by atoms with Crippen LogP contribution in [0.4, 0.5) is 10.8 Å². The summed E-state index contributed by atoms with van der Waals surface area (Å²) >= 11 is 7.54. The lowest BCUT2D eigenvalue weighted by Crippen LogP contribution is -2.24. The molecule has 0 aliphatic carbocycles. The average molecular weight is 407 g/mol. The Balaban J connectivity index is 1.69. The number of rotatable bonds is 6. The topological polar surface area (TPSA) is 75.2 Å². The number of nitrogens with zero attached hydrogens (tertiary/aromatic N) is 3. The highest BCUT2D eigenvalue weighted by atomic mass is 35.5. The first-order valence-corrected chi connectivity index (χ1v) is 10.3. The normalized spacial score (nSPS) is 17.0. The predicted octanol–water partition coefficient (Wildman–Crippen LogP) is 4.40. The van der Waals surface area contributed by atoms with E-state index in [1.165, 1.54) is 11.3 Å². The van der Waals surface area contributed by atoms with Crippen LogP contribution in [0.25, 0.3) is 0 Å². The SMILES string of the molecule is CCC(CC)C(=O)Nc1nnc([C@@H]2CC(=O)N(c3ccc(C)c(Cl)c3)C2)s1. The highest BCUT2D eigenvalue weighted by Crippen LogP contribution is 2.35. The molecular formula is C19H23ClN4O2S. The van der Waals surface area contributed by atoms with Gasteiger partial charge in [-0.1, -0.05) is 42.9 Å². The van der Waals surface area contributed by atoms with E-state index in [1.807, 2.05) is 39.0 Å². The lowest BCUT2D eigenvalue weighted by molar-refractivity contribution is -0.120. The van der Waals surface area contributed by atoms with Crippen LogP contribution < -0.4 is 10.2 Å². The maximum atomic E-state index is 12.5. The van der Waals surface area contributed by atoms with Gasteiger partial charge in [-0.25, -0.2) is 0 Å². The zero-order valence-corrected chi connectivity index (χ0v) is 17.2. The van der Waals surface area contributed by atoms with Crippen molar-refractivity contribution in [3.63, 3.8) is 0 Å². The zero-order valence-electron chi connectivity index (χ0n) is 15.7. The van der Waals surface area contributed by atoms with Gasteiger partial charge in [-0.15, -0.1) is 10.2 Å². The van der Waals surface area contributed by atoms with Crippen molar-refractivity contribution in [3.8, 4) is 0 Å². The molecule has 3 rings (SSSR count). The number of benzene rings is 1. The van der Waals surface area contributed by atoms with E-state index in [9.17, 15) is 9.59 Å². The number of hydrogen-bond acceptors (Lipinski definition) is 5. The minimum Gasteiger partial charge on any atom is -0.312 e. The first-order chi connectivity index (χ1) is 12.9. The quantitative estimate of drug-likeness (QED) is 0.771. The number of hydrogen-bond donors (Lipinski definition) is 1. The van der Waals surface area contributed by atoms with Crippen LogP contribution in [-0.2, 0) is 9.59 Å². The monoisotopic (exact) mass is 406 g/mol. The highest BCUT2D eigenvalue weighted by molar-refractivity contribution is 7.15. The Bertz CT molecular complexity index is 850. The van der Waals surface area contributed by atoms with Gasteiger partial charge in [0.05, 0.1) is 0 Å². The third-order valence-electron chi connectivity index (χ3n) is 4.97. The minimum absolute atomic E-state index is 0.0211. The average Bonchev–Trinajstić information content (AvgIpc) is 3.25. The predicted molar refractivity (Wildman–Crippen MR) is 109 cm³/mol. The summed E-state index contributed by atoms with van der Waals surface area (Å²) in [7, 11) is 0. The Labute approximate surface area is 167 Å². The molecule has 1 atom stereocenters. The van der Waals surface area contributed by atoms with Gasteiger partial charge in [-0.05, 0) is 37.5 Å². The molecule has 6 nitrogen and oxygen atoms in total. The Morgan fingerprint density at radius 1 is 1.37 bits per heavy atom. The van der Waals surface area contributed by atoms with E-state index in [0.29, 0.717) is 23.1 Å². The van der Waals surface area contributed by atoms with Crippen LogP contribution in [0.15, 0.2) is 18.2 Å². The third-order valence-corrected chi connectivity index (χ3v) is 6.38. The molecule has 0 spiro atoms. The molecule has 1 N–H and O–H groups in total. The Morgan fingerprint density at radius 2 is 2.11 bits per heavy atom. The molecule has 1 aliphatic heterocycles. The van der Waals surface area contributed by atoms with E-state index in [-0.39, 0.29) is 23.7 Å². The van der Waals surface area contributed by atoms with Crippen LogP contribution in [0, 0.1) is 12.8 Å². The van der Waals surface area contributed by atoms with Crippen molar-refractivity contribution in [1.29, 1.82) is 0 Å². The maximum Gasteiger partial charge on any atom is 0.229 e. The van der Waals surface area contributed by atoms with Gasteiger partial charge in [0.2, 0.25) is 16.9 Å². The van der Waals surface area contributed by atoms with Gasteiger partial charge in [0.1, 0.15) is 5.01 Å². The summed E-state index contributed by atoms with van der Waals surface area (Å²) in [5, 5.41) is 13.0. The van der Waals surface area contributed by atoms with Gasteiger partial charge < -0.3 is 10.2 Å². The fraction of sp³-hybridized carbons (Fsp3) is 0.474. The van der Waals surface area contributed by atoms with Crippen molar-refractivity contribution in [2.75, 3.05) is 16.8 Å². The Morgan fingerprint density at radius 3 is 2.78 bits per heavy atom. The molecule has 1 saturated heterocycles. The van der Waals surface area contributed by atoms with Gasteiger partial charge in [0.15, 0.2) is 0 Å². The molecule has 144 valence electrons. The Kier molecular flexibility index (Phi) is 6.11. The third kappa shape index (κ3) is 4.30. The minimum atomic E-state index is -0.0334. The highest BCUT2D eigenvalue weighted by Gasteiger charge is 2.34. The number of halogens is 1. The number of aryl methyl sites for hydroxylation is 1. The molecule has 1 aliphatic rings. The molecule has 1 fully saturated rings. The molecule has 1 aromatic heterocycles. The second kappa shape index (κ2) is 8.35. The van der Waals surface area contributed by atoms with Crippen molar-refractivity contribution in [1.82, 2.24) is 10.2 Å². The van der Waals surface area contributed by atoms with Crippen LogP contribution in [-0.4, -0.2) is 28.6 Å².